The summed E-state index contributed by atoms with van der Waals surface area (Å²) in [6, 6.07) is 14.5. The number of benzene rings is 3. The summed E-state index contributed by atoms with van der Waals surface area (Å²) in [5, 5.41) is 3.12. The lowest BCUT2D eigenvalue weighted by molar-refractivity contribution is -0.122. The summed E-state index contributed by atoms with van der Waals surface area (Å²) >= 11 is 21.0. The molecule has 0 bridgehead atoms. The molecule has 0 aromatic heterocycles. The molecule has 3 aromatic carbocycles. The molecule has 1 heterocycles. The van der Waals surface area contributed by atoms with Crippen LogP contribution in [0.1, 0.15) is 11.1 Å². The van der Waals surface area contributed by atoms with Crippen LogP contribution in [0.25, 0.3) is 6.08 Å². The van der Waals surface area contributed by atoms with Gasteiger partial charge in [0, 0.05) is 4.47 Å². The number of hydrogen-bond donors (Lipinski definition) is 1. The van der Waals surface area contributed by atoms with Gasteiger partial charge in [0.15, 0.2) is 0 Å². The molecule has 0 atom stereocenters. The monoisotopic (exact) mass is 748 g/mol. The molecule has 1 N–H and O–H groups in total. The zero-order valence-electron chi connectivity index (χ0n) is 17.5. The summed E-state index contributed by atoms with van der Waals surface area (Å²) in [6.07, 6.45) is 1.44. The first-order valence-corrected chi connectivity index (χ1v) is 13.3. The van der Waals surface area contributed by atoms with Crippen molar-refractivity contribution >= 4 is 107 Å². The highest BCUT2D eigenvalue weighted by molar-refractivity contribution is 14.1. The van der Waals surface area contributed by atoms with Crippen LogP contribution in [0.2, 0.25) is 10.0 Å². The lowest BCUT2D eigenvalue weighted by Crippen LogP contribution is -2.54. The van der Waals surface area contributed by atoms with E-state index in [1.165, 1.54) is 6.08 Å². The lowest BCUT2D eigenvalue weighted by atomic mass is 10.1. The van der Waals surface area contributed by atoms with Crippen molar-refractivity contribution in [3.63, 3.8) is 0 Å². The maximum Gasteiger partial charge on any atom is 0.335 e. The van der Waals surface area contributed by atoms with E-state index in [1.54, 1.807) is 48.5 Å². The van der Waals surface area contributed by atoms with E-state index in [2.05, 4.69) is 59.8 Å². The molecule has 0 unspecified atom stereocenters. The van der Waals surface area contributed by atoms with Gasteiger partial charge in [-0.3, -0.25) is 14.9 Å². The molecule has 6 nitrogen and oxygen atoms in total. The number of anilines is 1. The fraction of sp³-hybridized carbons (Fsp3) is 0.0417. The second-order valence-electron chi connectivity index (χ2n) is 7.29. The smallest absolute Gasteiger partial charge is 0.335 e. The summed E-state index contributed by atoms with van der Waals surface area (Å²) in [6.45, 7) is 0.261. The summed E-state index contributed by atoms with van der Waals surface area (Å²) < 4.78 is 8.11. The van der Waals surface area contributed by atoms with Crippen molar-refractivity contribution in [1.82, 2.24) is 5.32 Å². The number of carbonyl (C=O) groups excluding carboxylic acids is 3. The van der Waals surface area contributed by atoms with Gasteiger partial charge in [0.2, 0.25) is 0 Å². The summed E-state index contributed by atoms with van der Waals surface area (Å²) in [7, 11) is 0. The maximum atomic E-state index is 13.1. The minimum absolute atomic E-state index is 0.167. The number of hydrogen-bond acceptors (Lipinski definition) is 4. The van der Waals surface area contributed by atoms with E-state index in [0.29, 0.717) is 31.5 Å². The van der Waals surface area contributed by atoms with E-state index in [-0.39, 0.29) is 12.2 Å². The number of ether oxygens (including phenoxy) is 1. The number of halogens is 5. The van der Waals surface area contributed by atoms with Crippen LogP contribution in [-0.2, 0) is 16.2 Å². The third-order valence-electron chi connectivity index (χ3n) is 4.89. The highest BCUT2D eigenvalue weighted by atomic mass is 127. The molecule has 4 amide bonds. The highest BCUT2D eigenvalue weighted by Crippen LogP contribution is 2.34. The fourth-order valence-electron chi connectivity index (χ4n) is 3.23. The third kappa shape index (κ3) is 5.91. The van der Waals surface area contributed by atoms with E-state index in [4.69, 9.17) is 27.9 Å². The van der Waals surface area contributed by atoms with Gasteiger partial charge >= 0.3 is 6.03 Å². The minimum atomic E-state index is -0.804. The molecule has 35 heavy (non-hydrogen) atoms. The molecule has 4 rings (SSSR count). The van der Waals surface area contributed by atoms with Gasteiger partial charge in [-0.2, -0.15) is 0 Å². The van der Waals surface area contributed by atoms with Crippen LogP contribution in [0, 0.1) is 3.57 Å². The van der Waals surface area contributed by atoms with Gasteiger partial charge in [-0.25, -0.2) is 9.69 Å². The van der Waals surface area contributed by atoms with E-state index >= 15 is 0 Å². The molecule has 0 spiro atoms. The van der Waals surface area contributed by atoms with E-state index in [1.807, 2.05) is 6.07 Å². The molecule has 0 radical (unpaired) electrons. The van der Waals surface area contributed by atoms with Crippen molar-refractivity contribution in [2.45, 2.75) is 6.61 Å². The van der Waals surface area contributed by atoms with Crippen LogP contribution in [0.3, 0.4) is 0 Å². The molecule has 0 saturated carbocycles. The van der Waals surface area contributed by atoms with Crippen molar-refractivity contribution in [3.05, 3.63) is 93.9 Å². The highest BCUT2D eigenvalue weighted by Gasteiger charge is 2.36. The average molecular weight is 751 g/mol. The molecule has 1 saturated heterocycles. The average Bonchev–Trinajstić information content (AvgIpc) is 2.79. The lowest BCUT2D eigenvalue weighted by Gasteiger charge is -2.26. The molecule has 11 heteroatoms. The number of nitrogens with one attached hydrogen (secondary N) is 1. The molecule has 1 aliphatic heterocycles. The van der Waals surface area contributed by atoms with E-state index in [9.17, 15) is 14.4 Å². The van der Waals surface area contributed by atoms with E-state index in [0.717, 1.165) is 18.5 Å². The van der Waals surface area contributed by atoms with Gasteiger partial charge in [-0.15, -0.1) is 0 Å². The quantitative estimate of drug-likeness (QED) is 0.168. The van der Waals surface area contributed by atoms with Crippen molar-refractivity contribution in [1.29, 1.82) is 0 Å². The summed E-state index contributed by atoms with van der Waals surface area (Å²) in [5.74, 6) is -0.892. The number of imide groups is 2. The van der Waals surface area contributed by atoms with Crippen molar-refractivity contribution in [2.24, 2.45) is 0 Å². The zero-order valence-corrected chi connectivity index (χ0v) is 24.3. The Morgan fingerprint density at radius 3 is 2.34 bits per heavy atom. The minimum Gasteiger partial charge on any atom is -0.487 e. The summed E-state index contributed by atoms with van der Waals surface area (Å²) in [4.78, 5) is 38.9. The van der Waals surface area contributed by atoms with Gasteiger partial charge in [-0.1, -0.05) is 45.2 Å². The number of urea groups is 1. The fourth-order valence-corrected chi connectivity index (χ4v) is 5.59. The first-order chi connectivity index (χ1) is 16.6. The number of amides is 4. The SMILES string of the molecule is O=C1NC(=O)N(c2ccc(Br)cc2)C(=O)/C1=C/c1cc(Br)c(OCc2ccc(Cl)c(Cl)c2)c(I)c1. The van der Waals surface area contributed by atoms with Gasteiger partial charge in [0.25, 0.3) is 11.8 Å². The Balaban J connectivity index is 1.59. The van der Waals surface area contributed by atoms with Crippen LogP contribution in [0.5, 0.6) is 5.75 Å². The third-order valence-corrected chi connectivity index (χ3v) is 7.54. The van der Waals surface area contributed by atoms with Crippen LogP contribution in [0.4, 0.5) is 10.5 Å². The Morgan fingerprint density at radius 2 is 1.69 bits per heavy atom. The maximum absolute atomic E-state index is 13.1. The topological polar surface area (TPSA) is 75.7 Å². The molecular weight excluding hydrogens is 738 g/mol. The normalized spacial score (nSPS) is 14.9. The van der Waals surface area contributed by atoms with Crippen LogP contribution in [-0.4, -0.2) is 17.8 Å². The first-order valence-electron chi connectivity index (χ1n) is 9.87. The second-order valence-corrected chi connectivity index (χ2v) is 11.0. The van der Waals surface area contributed by atoms with Gasteiger partial charge in [-0.05, 0) is 104 Å². The first kappa shape index (κ1) is 26.2. The van der Waals surface area contributed by atoms with Gasteiger partial charge in [0.1, 0.15) is 17.9 Å². The number of nitrogens with zero attached hydrogens (tertiary/aromatic N) is 1. The van der Waals surface area contributed by atoms with E-state index < -0.39 is 17.8 Å². The molecule has 0 aliphatic carbocycles. The number of rotatable bonds is 5. The summed E-state index contributed by atoms with van der Waals surface area (Å²) in [5.41, 5.74) is 1.60. The van der Waals surface area contributed by atoms with Gasteiger partial charge < -0.3 is 4.74 Å². The van der Waals surface area contributed by atoms with Crippen molar-refractivity contribution in [2.75, 3.05) is 4.90 Å². The predicted molar refractivity (Wildman–Crippen MR) is 151 cm³/mol. The largest absolute Gasteiger partial charge is 0.487 e. The Labute approximate surface area is 241 Å². The van der Waals surface area contributed by atoms with Crippen LogP contribution < -0.4 is 15.0 Å². The second kappa shape index (κ2) is 11.0. The number of carbonyl (C=O) groups is 3. The van der Waals surface area contributed by atoms with Crippen LogP contribution in [0.15, 0.2) is 69.1 Å². The number of barbiturate groups is 1. The molecule has 1 fully saturated rings. The zero-order chi connectivity index (χ0) is 25.3. The standard InChI is InChI=1S/C24H13Br2Cl2IN2O4/c25-14-2-4-15(5-3-14)31-23(33)16(22(32)30-24(31)34)7-13-8-17(26)21(20(29)10-13)35-11-12-1-6-18(27)19(28)9-12/h1-10H,11H2,(H,30,32,34)/b16-7+. The molecule has 3 aromatic rings. The molecule has 178 valence electrons. The Bertz CT molecular complexity index is 1370. The predicted octanol–water partition coefficient (Wildman–Crippen LogP) is 7.37. The Hall–Kier alpha value is -1.92. The van der Waals surface area contributed by atoms with Crippen molar-refractivity contribution in [3.8, 4) is 5.75 Å². The molecule has 1 aliphatic rings. The van der Waals surface area contributed by atoms with Crippen molar-refractivity contribution < 1.29 is 19.1 Å². The molecular formula is C24H13Br2Cl2IN2O4. The Kier molecular flexibility index (Phi) is 8.22. The van der Waals surface area contributed by atoms with Crippen LogP contribution >= 0.6 is 77.7 Å². The van der Waals surface area contributed by atoms with Gasteiger partial charge in [0.05, 0.1) is 23.8 Å². The Morgan fingerprint density at radius 1 is 0.971 bits per heavy atom.